The summed E-state index contributed by atoms with van der Waals surface area (Å²) in [6.07, 6.45) is 0.407. The van der Waals surface area contributed by atoms with Crippen LogP contribution in [0.1, 0.15) is 47.1 Å². The van der Waals surface area contributed by atoms with E-state index in [1.165, 1.54) is 10.5 Å². The molecule has 2 N–H and O–H groups in total. The number of carbonyl (C=O) groups is 1. The molecular formula is C19H30N2O3W. The number of nitrogens with two attached hydrogens (primary N) is 1. The third-order valence-corrected chi connectivity index (χ3v) is 3.27. The number of nitrogen functional groups attached to an aromatic ring is 1. The zero-order chi connectivity index (χ0) is 18.5. The van der Waals surface area contributed by atoms with Gasteiger partial charge in [-0.2, -0.15) is 6.42 Å². The molecule has 0 radical (unpaired) electrons. The zero-order valence-electron chi connectivity index (χ0n) is 16.0. The van der Waals surface area contributed by atoms with Gasteiger partial charge in [0.25, 0.3) is 0 Å². The fraction of sp³-hybridized carbons (Fsp3) is 0.526. The van der Waals surface area contributed by atoms with Gasteiger partial charge in [-0.1, -0.05) is 24.6 Å². The fourth-order valence-electron chi connectivity index (χ4n) is 2.21. The molecule has 6 heteroatoms. The first kappa shape index (κ1) is 23.9. The quantitative estimate of drug-likeness (QED) is 0.448. The maximum atomic E-state index is 11.8. The van der Waals surface area contributed by atoms with Crippen molar-refractivity contribution >= 4 is 11.8 Å². The smallest absolute Gasteiger partial charge is 0.445 e. The first-order valence-electron chi connectivity index (χ1n) is 8.13. The van der Waals surface area contributed by atoms with Crippen LogP contribution in [0.3, 0.4) is 0 Å². The SMILES string of the molecule is C[C@H]1[CH-]N(C(=O)OC(C)(C)C)C(C)(C)O1.[CH2-]Cc1ccc(N)cc1.[W+2]. The Bertz CT molecular complexity index is 539. The Labute approximate surface area is 166 Å². The number of rotatable bonds is 1. The van der Waals surface area contributed by atoms with E-state index in [4.69, 9.17) is 15.2 Å². The van der Waals surface area contributed by atoms with Crippen molar-refractivity contribution in [2.45, 2.75) is 65.4 Å². The molecule has 0 saturated carbocycles. The number of anilines is 1. The molecule has 1 atom stereocenters. The summed E-state index contributed by atoms with van der Waals surface area (Å²) in [5.74, 6) is 0. The Morgan fingerprint density at radius 1 is 1.36 bits per heavy atom. The Balaban J connectivity index is 0.000000495. The van der Waals surface area contributed by atoms with Crippen molar-refractivity contribution in [2.75, 3.05) is 5.73 Å². The second-order valence-electron chi connectivity index (χ2n) is 7.26. The summed E-state index contributed by atoms with van der Waals surface area (Å²) in [5.41, 5.74) is 6.40. The van der Waals surface area contributed by atoms with Crippen LogP contribution < -0.4 is 5.73 Å². The third-order valence-electron chi connectivity index (χ3n) is 3.27. The molecule has 0 unspecified atom stereocenters. The number of hydrogen-bond donors (Lipinski definition) is 1. The Morgan fingerprint density at radius 2 is 1.88 bits per heavy atom. The van der Waals surface area contributed by atoms with Crippen molar-refractivity contribution in [3.63, 3.8) is 0 Å². The molecule has 2 rings (SSSR count). The predicted molar refractivity (Wildman–Crippen MR) is 96.9 cm³/mol. The maximum absolute atomic E-state index is 11.8. The Kier molecular flexibility index (Phi) is 9.18. The van der Waals surface area contributed by atoms with E-state index in [1.807, 2.05) is 65.8 Å². The minimum absolute atomic E-state index is 0. The van der Waals surface area contributed by atoms with Crippen LogP contribution in [0.5, 0.6) is 0 Å². The second-order valence-corrected chi connectivity index (χ2v) is 7.26. The van der Waals surface area contributed by atoms with Crippen LogP contribution in [-0.2, 0) is 37.0 Å². The second kappa shape index (κ2) is 9.58. The van der Waals surface area contributed by atoms with E-state index in [9.17, 15) is 4.79 Å². The average Bonchev–Trinajstić information content (AvgIpc) is 2.71. The first-order chi connectivity index (χ1) is 10.9. The summed E-state index contributed by atoms with van der Waals surface area (Å²) < 4.78 is 10.8. The predicted octanol–water partition coefficient (Wildman–Crippen LogP) is 4.18. The molecule has 1 amide bonds. The average molecular weight is 518 g/mol. The van der Waals surface area contributed by atoms with Crippen LogP contribution in [0.15, 0.2) is 24.3 Å². The van der Waals surface area contributed by atoms with Crippen LogP contribution in [0.25, 0.3) is 0 Å². The van der Waals surface area contributed by atoms with Gasteiger partial charge in [-0.15, -0.1) is 0 Å². The van der Waals surface area contributed by atoms with Crippen LogP contribution in [0, 0.1) is 13.5 Å². The summed E-state index contributed by atoms with van der Waals surface area (Å²) in [5, 5.41) is 0. The molecule has 1 saturated heterocycles. The maximum Gasteiger partial charge on any atom is 2.00 e. The molecule has 0 spiro atoms. The van der Waals surface area contributed by atoms with E-state index in [0.29, 0.717) is 0 Å². The van der Waals surface area contributed by atoms with Gasteiger partial charge in [0.15, 0.2) is 0 Å². The molecule has 25 heavy (non-hydrogen) atoms. The van der Waals surface area contributed by atoms with E-state index < -0.39 is 11.3 Å². The van der Waals surface area contributed by atoms with Gasteiger partial charge < -0.3 is 27.0 Å². The van der Waals surface area contributed by atoms with Crippen molar-refractivity contribution in [1.82, 2.24) is 4.90 Å². The molecule has 1 fully saturated rings. The largest absolute Gasteiger partial charge is 2.00 e. The minimum atomic E-state index is -0.623. The molecule has 0 aliphatic carbocycles. The molecule has 140 valence electrons. The topological polar surface area (TPSA) is 64.8 Å². The third kappa shape index (κ3) is 8.24. The van der Waals surface area contributed by atoms with Gasteiger partial charge in [-0.3, -0.25) is 0 Å². The molecule has 1 aliphatic heterocycles. The van der Waals surface area contributed by atoms with E-state index in [1.54, 1.807) is 6.54 Å². The van der Waals surface area contributed by atoms with Crippen molar-refractivity contribution in [3.05, 3.63) is 43.3 Å². The van der Waals surface area contributed by atoms with Crippen LogP contribution in [0.2, 0.25) is 0 Å². The molecule has 1 aromatic carbocycles. The van der Waals surface area contributed by atoms with Crippen molar-refractivity contribution in [2.24, 2.45) is 0 Å². The molecular weight excluding hydrogens is 488 g/mol. The van der Waals surface area contributed by atoms with Gasteiger partial charge in [-0.25, -0.2) is 11.3 Å². The van der Waals surface area contributed by atoms with E-state index in [2.05, 4.69) is 6.92 Å². The zero-order valence-corrected chi connectivity index (χ0v) is 19.0. The number of nitrogens with zero attached hydrogens (tertiary/aromatic N) is 1. The Hall–Kier alpha value is -1.06. The van der Waals surface area contributed by atoms with Gasteiger partial charge in [0.2, 0.25) is 0 Å². The summed E-state index contributed by atoms with van der Waals surface area (Å²) in [7, 11) is 0. The number of ether oxygens (including phenoxy) is 2. The number of amides is 1. The molecule has 1 heterocycles. The van der Waals surface area contributed by atoms with E-state index in [-0.39, 0.29) is 33.3 Å². The van der Waals surface area contributed by atoms with E-state index >= 15 is 0 Å². The normalized spacial score (nSPS) is 18.7. The number of carbonyl (C=O) groups excluding carboxylic acids is 1. The molecule has 1 aliphatic rings. The van der Waals surface area contributed by atoms with Gasteiger partial charge >= 0.3 is 27.2 Å². The summed E-state index contributed by atoms with van der Waals surface area (Å²) in [6.45, 7) is 16.6. The van der Waals surface area contributed by atoms with Gasteiger partial charge in [0, 0.05) is 5.69 Å². The van der Waals surface area contributed by atoms with E-state index in [0.717, 1.165) is 12.1 Å². The summed E-state index contributed by atoms with van der Waals surface area (Å²) in [6, 6.07) is 7.76. The summed E-state index contributed by atoms with van der Waals surface area (Å²) >= 11 is 0. The standard InChI is InChI=1S/C11H20NO3.C8H10N.W/c1-8-7-12(11(5,6)14-8)9(13)15-10(2,3)4;1-2-7-3-5-8(9)6-4-7;/h7-8H,1-6H3;3-6H,1-2,9H2;/q2*-1;+2/t8-;;/m0../s1. The van der Waals surface area contributed by atoms with Crippen molar-refractivity contribution in [1.29, 1.82) is 0 Å². The van der Waals surface area contributed by atoms with Crippen LogP contribution in [-0.4, -0.2) is 28.4 Å². The van der Waals surface area contributed by atoms with Crippen molar-refractivity contribution in [3.8, 4) is 0 Å². The first-order valence-corrected chi connectivity index (χ1v) is 8.13. The van der Waals surface area contributed by atoms with Crippen LogP contribution in [0.4, 0.5) is 10.5 Å². The van der Waals surface area contributed by atoms with Crippen molar-refractivity contribution < 1.29 is 35.3 Å². The Morgan fingerprint density at radius 3 is 2.24 bits per heavy atom. The molecule has 5 nitrogen and oxygen atoms in total. The number of hydrogen-bond acceptors (Lipinski definition) is 4. The monoisotopic (exact) mass is 518 g/mol. The van der Waals surface area contributed by atoms with Gasteiger partial charge in [-0.05, 0) is 52.9 Å². The molecule has 1 aromatic rings. The summed E-state index contributed by atoms with van der Waals surface area (Å²) in [4.78, 5) is 13.3. The van der Waals surface area contributed by atoms with Gasteiger partial charge in [0.1, 0.15) is 11.3 Å². The van der Waals surface area contributed by atoms with Crippen LogP contribution >= 0.6 is 0 Å². The fourth-order valence-corrected chi connectivity index (χ4v) is 2.21. The number of benzene rings is 1. The molecule has 0 bridgehead atoms. The van der Waals surface area contributed by atoms with Gasteiger partial charge in [0.05, 0.1) is 0 Å². The minimum Gasteiger partial charge on any atom is -0.445 e. The molecule has 0 aromatic heterocycles.